The summed E-state index contributed by atoms with van der Waals surface area (Å²) in [5, 5.41) is 7.56. The Labute approximate surface area is 131 Å². The molecule has 1 aromatic heterocycles. The third-order valence-corrected chi connectivity index (χ3v) is 5.52. The molecule has 4 rings (SSSR count). The van der Waals surface area contributed by atoms with E-state index in [4.69, 9.17) is 4.52 Å². The van der Waals surface area contributed by atoms with Gasteiger partial charge in [-0.3, -0.25) is 9.69 Å². The van der Waals surface area contributed by atoms with E-state index in [1.807, 2.05) is 0 Å². The summed E-state index contributed by atoms with van der Waals surface area (Å²) in [5.41, 5.74) is 2.36. The van der Waals surface area contributed by atoms with Crippen LogP contribution in [0.25, 0.3) is 0 Å². The minimum absolute atomic E-state index is 0.261. The van der Waals surface area contributed by atoms with Crippen molar-refractivity contribution in [2.24, 2.45) is 5.92 Å². The molecule has 1 aromatic rings. The van der Waals surface area contributed by atoms with Crippen molar-refractivity contribution in [1.82, 2.24) is 15.4 Å². The lowest BCUT2D eigenvalue weighted by molar-refractivity contribution is -0.128. The maximum absolute atomic E-state index is 12.1. The van der Waals surface area contributed by atoms with Gasteiger partial charge in [-0.1, -0.05) is 11.6 Å². The summed E-state index contributed by atoms with van der Waals surface area (Å²) in [6.45, 7) is 3.25. The van der Waals surface area contributed by atoms with Crippen molar-refractivity contribution in [3.8, 4) is 0 Å². The molecule has 1 aliphatic heterocycles. The van der Waals surface area contributed by atoms with E-state index in [1.54, 1.807) is 0 Å². The lowest BCUT2D eigenvalue weighted by Gasteiger charge is -2.29. The molecule has 1 saturated carbocycles. The molecule has 0 bridgehead atoms. The first kappa shape index (κ1) is 14.2. The van der Waals surface area contributed by atoms with Crippen molar-refractivity contribution in [3.63, 3.8) is 0 Å². The Hall–Kier alpha value is -1.36. The van der Waals surface area contributed by atoms with Gasteiger partial charge in [0.25, 0.3) is 0 Å². The van der Waals surface area contributed by atoms with E-state index in [-0.39, 0.29) is 17.9 Å². The molecular formula is C17H25N3O2. The number of carbonyl (C=O) groups excluding carboxylic acids is 1. The van der Waals surface area contributed by atoms with E-state index >= 15 is 0 Å². The first-order valence-electron chi connectivity index (χ1n) is 8.78. The number of hydrogen-bond donors (Lipinski definition) is 1. The Bertz CT molecular complexity index is 544. The maximum Gasteiger partial charge on any atom is 0.223 e. The molecule has 1 unspecified atom stereocenters. The van der Waals surface area contributed by atoms with Gasteiger partial charge >= 0.3 is 0 Å². The normalized spacial score (nSPS) is 25.7. The molecule has 0 aromatic carbocycles. The van der Waals surface area contributed by atoms with Gasteiger partial charge in [0.2, 0.25) is 5.91 Å². The average Bonchev–Trinajstić information content (AvgIpc) is 3.08. The van der Waals surface area contributed by atoms with Crippen LogP contribution in [-0.2, 0) is 24.2 Å². The van der Waals surface area contributed by atoms with Gasteiger partial charge in [0.05, 0.1) is 0 Å². The molecule has 0 spiro atoms. The van der Waals surface area contributed by atoms with Crippen LogP contribution >= 0.6 is 0 Å². The van der Waals surface area contributed by atoms with Crippen LogP contribution in [-0.4, -0.2) is 35.1 Å². The van der Waals surface area contributed by atoms with E-state index in [1.165, 1.54) is 37.9 Å². The first-order valence-corrected chi connectivity index (χ1v) is 8.78. The lowest BCUT2D eigenvalue weighted by Crippen LogP contribution is -2.43. The molecule has 5 nitrogen and oxygen atoms in total. The van der Waals surface area contributed by atoms with Crippen molar-refractivity contribution in [2.45, 2.75) is 64.0 Å². The highest BCUT2D eigenvalue weighted by Gasteiger charge is 2.31. The number of aromatic nitrogens is 1. The van der Waals surface area contributed by atoms with Crippen LogP contribution in [0.2, 0.25) is 0 Å². The number of nitrogens with zero attached hydrogens (tertiary/aromatic N) is 2. The molecule has 1 amide bonds. The molecular weight excluding hydrogens is 278 g/mol. The fourth-order valence-corrected chi connectivity index (χ4v) is 3.85. The minimum Gasteiger partial charge on any atom is -0.361 e. The second-order valence-electron chi connectivity index (χ2n) is 7.09. The van der Waals surface area contributed by atoms with Gasteiger partial charge < -0.3 is 9.84 Å². The van der Waals surface area contributed by atoms with Crippen LogP contribution in [0.5, 0.6) is 0 Å². The molecule has 3 aliphatic rings. The van der Waals surface area contributed by atoms with Gasteiger partial charge in [-0.2, -0.15) is 0 Å². The van der Waals surface area contributed by atoms with E-state index in [0.29, 0.717) is 0 Å². The topological polar surface area (TPSA) is 58.4 Å². The Morgan fingerprint density at radius 3 is 2.77 bits per heavy atom. The third-order valence-electron chi connectivity index (χ3n) is 5.52. The summed E-state index contributed by atoms with van der Waals surface area (Å²) in [6.07, 6.45) is 8.69. The van der Waals surface area contributed by atoms with Crippen LogP contribution in [0.15, 0.2) is 4.52 Å². The van der Waals surface area contributed by atoms with E-state index in [9.17, 15) is 4.79 Å². The minimum atomic E-state index is 0.261. The first-order chi connectivity index (χ1) is 10.8. The van der Waals surface area contributed by atoms with Crippen LogP contribution in [0.4, 0.5) is 0 Å². The summed E-state index contributed by atoms with van der Waals surface area (Å²) in [7, 11) is 0. The van der Waals surface area contributed by atoms with Gasteiger partial charge in [-0.05, 0) is 51.6 Å². The number of nitrogens with one attached hydrogen (secondary N) is 1. The smallest absolute Gasteiger partial charge is 0.223 e. The standard InChI is InChI=1S/C17H25N3O2/c21-17(12-4-3-5-12)18-13-6-7-16-14(10-13)15(19-22-16)11-20-8-1-2-9-20/h12-13H,1-11H2,(H,18,21). The highest BCUT2D eigenvalue weighted by molar-refractivity contribution is 5.79. The van der Waals surface area contributed by atoms with Gasteiger partial charge in [0, 0.05) is 30.5 Å². The Balaban J connectivity index is 1.40. The van der Waals surface area contributed by atoms with Crippen LogP contribution in [0, 0.1) is 5.92 Å². The summed E-state index contributed by atoms with van der Waals surface area (Å²) in [6, 6.07) is 0.261. The number of carbonyl (C=O) groups is 1. The van der Waals surface area contributed by atoms with Crippen molar-refractivity contribution in [1.29, 1.82) is 0 Å². The molecule has 1 N–H and O–H groups in total. The van der Waals surface area contributed by atoms with Crippen molar-refractivity contribution in [2.75, 3.05) is 13.1 Å². The van der Waals surface area contributed by atoms with Gasteiger partial charge in [-0.15, -0.1) is 0 Å². The second kappa shape index (κ2) is 6.03. The fraction of sp³-hybridized carbons (Fsp3) is 0.765. The molecule has 2 fully saturated rings. The van der Waals surface area contributed by atoms with Crippen LogP contribution < -0.4 is 5.32 Å². The highest BCUT2D eigenvalue weighted by atomic mass is 16.5. The zero-order valence-electron chi connectivity index (χ0n) is 13.1. The summed E-state index contributed by atoms with van der Waals surface area (Å²) < 4.78 is 5.54. The fourth-order valence-electron chi connectivity index (χ4n) is 3.85. The second-order valence-corrected chi connectivity index (χ2v) is 7.09. The molecule has 0 radical (unpaired) electrons. The van der Waals surface area contributed by atoms with Gasteiger partial charge in [-0.25, -0.2) is 0 Å². The van der Waals surface area contributed by atoms with E-state index in [0.717, 1.165) is 50.1 Å². The maximum atomic E-state index is 12.1. The van der Waals surface area contributed by atoms with Crippen molar-refractivity contribution in [3.05, 3.63) is 17.0 Å². The number of rotatable bonds is 4. The average molecular weight is 303 g/mol. The predicted molar refractivity (Wildman–Crippen MR) is 82.3 cm³/mol. The van der Waals surface area contributed by atoms with Gasteiger partial charge in [0.15, 0.2) is 0 Å². The number of likely N-dealkylation sites (tertiary alicyclic amines) is 1. The van der Waals surface area contributed by atoms with E-state index in [2.05, 4.69) is 15.4 Å². The van der Waals surface area contributed by atoms with Gasteiger partial charge in [0.1, 0.15) is 11.5 Å². The summed E-state index contributed by atoms with van der Waals surface area (Å²) >= 11 is 0. The van der Waals surface area contributed by atoms with E-state index < -0.39 is 0 Å². The molecule has 22 heavy (non-hydrogen) atoms. The third kappa shape index (κ3) is 2.78. The largest absolute Gasteiger partial charge is 0.361 e. The highest BCUT2D eigenvalue weighted by Crippen LogP contribution is 2.29. The summed E-state index contributed by atoms with van der Waals surface area (Å²) in [5.74, 6) is 1.58. The molecule has 1 atom stereocenters. The van der Waals surface area contributed by atoms with Crippen molar-refractivity contribution >= 4 is 5.91 Å². The molecule has 120 valence electrons. The Morgan fingerprint density at radius 1 is 1.23 bits per heavy atom. The quantitative estimate of drug-likeness (QED) is 0.925. The number of aryl methyl sites for hydroxylation is 1. The Morgan fingerprint density at radius 2 is 2.05 bits per heavy atom. The summed E-state index contributed by atoms with van der Waals surface area (Å²) in [4.78, 5) is 14.6. The van der Waals surface area contributed by atoms with Crippen LogP contribution in [0.1, 0.15) is 55.5 Å². The predicted octanol–water partition coefficient (Wildman–Crippen LogP) is 2.04. The monoisotopic (exact) mass is 303 g/mol. The molecule has 2 heterocycles. The number of amides is 1. The molecule has 1 saturated heterocycles. The lowest BCUT2D eigenvalue weighted by atomic mass is 9.84. The van der Waals surface area contributed by atoms with Crippen molar-refractivity contribution < 1.29 is 9.32 Å². The SMILES string of the molecule is O=C(NC1CCc2onc(CN3CCCC3)c2C1)C1CCC1. The zero-order chi connectivity index (χ0) is 14.9. The zero-order valence-corrected chi connectivity index (χ0v) is 13.1. The molecule has 5 heteroatoms. The molecule has 2 aliphatic carbocycles. The number of fused-ring (bicyclic) bond motifs is 1. The van der Waals surface area contributed by atoms with Crippen LogP contribution in [0.3, 0.4) is 0 Å². The number of hydrogen-bond acceptors (Lipinski definition) is 4. The Kier molecular flexibility index (Phi) is 3.90.